The molecule has 0 saturated carbocycles. The number of hydrogen-bond acceptors (Lipinski definition) is 6. The van der Waals surface area contributed by atoms with Crippen LogP contribution in [-0.4, -0.2) is 41.4 Å². The standard InChI is InChI=1S/C9H12N4O2/c10-7-8-9(12-2-1-11-8)13-3-5-15-6-4-14/h1-2,14H,3-6H2,(H,12,13). The Balaban J connectivity index is 2.34. The first-order valence-electron chi connectivity index (χ1n) is 4.52. The van der Waals surface area contributed by atoms with Crippen molar-refractivity contribution in [1.82, 2.24) is 9.97 Å². The molecule has 0 saturated heterocycles. The van der Waals surface area contributed by atoms with Crippen LogP contribution in [0.5, 0.6) is 0 Å². The van der Waals surface area contributed by atoms with Crippen LogP contribution in [0.3, 0.4) is 0 Å². The van der Waals surface area contributed by atoms with Gasteiger partial charge in [0.2, 0.25) is 0 Å². The third-order valence-corrected chi connectivity index (χ3v) is 1.58. The van der Waals surface area contributed by atoms with Crippen molar-refractivity contribution in [2.24, 2.45) is 0 Å². The highest BCUT2D eigenvalue weighted by Gasteiger charge is 2.01. The predicted molar refractivity (Wildman–Crippen MR) is 53.1 cm³/mol. The molecular formula is C9H12N4O2. The first-order valence-corrected chi connectivity index (χ1v) is 4.52. The number of aliphatic hydroxyl groups is 1. The second kappa shape index (κ2) is 6.70. The molecule has 6 nitrogen and oxygen atoms in total. The van der Waals surface area contributed by atoms with Gasteiger partial charge in [0.05, 0.1) is 19.8 Å². The zero-order valence-electron chi connectivity index (χ0n) is 8.18. The smallest absolute Gasteiger partial charge is 0.182 e. The Bertz CT molecular complexity index is 337. The maximum Gasteiger partial charge on any atom is 0.182 e. The van der Waals surface area contributed by atoms with Crippen LogP contribution in [-0.2, 0) is 4.74 Å². The summed E-state index contributed by atoms with van der Waals surface area (Å²) >= 11 is 0. The maximum atomic E-state index is 8.70. The molecule has 1 heterocycles. The Labute approximate surface area is 87.5 Å². The van der Waals surface area contributed by atoms with Gasteiger partial charge in [-0.25, -0.2) is 9.97 Å². The van der Waals surface area contributed by atoms with Gasteiger partial charge in [-0.1, -0.05) is 0 Å². The number of nitrogens with one attached hydrogen (secondary N) is 1. The van der Waals surface area contributed by atoms with Gasteiger partial charge in [-0.15, -0.1) is 0 Å². The minimum atomic E-state index is 0.00852. The summed E-state index contributed by atoms with van der Waals surface area (Å²) in [5.74, 6) is 0.451. The fourth-order valence-electron chi connectivity index (χ4n) is 0.957. The molecule has 0 fully saturated rings. The van der Waals surface area contributed by atoms with Gasteiger partial charge in [0.25, 0.3) is 0 Å². The molecular weight excluding hydrogens is 196 g/mol. The first kappa shape index (κ1) is 11.4. The number of anilines is 1. The molecule has 0 aliphatic rings. The summed E-state index contributed by atoms with van der Waals surface area (Å²) in [6, 6.07) is 1.93. The minimum absolute atomic E-state index is 0.00852. The summed E-state index contributed by atoms with van der Waals surface area (Å²) in [4.78, 5) is 7.81. The topological polar surface area (TPSA) is 91.1 Å². The number of nitrogens with zero attached hydrogens (tertiary/aromatic N) is 3. The fourth-order valence-corrected chi connectivity index (χ4v) is 0.957. The summed E-state index contributed by atoms with van der Waals surface area (Å²) in [7, 11) is 0. The van der Waals surface area contributed by atoms with Crippen LogP contribution >= 0.6 is 0 Å². The molecule has 1 aromatic rings. The zero-order valence-corrected chi connectivity index (χ0v) is 8.18. The largest absolute Gasteiger partial charge is 0.394 e. The molecule has 0 bridgehead atoms. The van der Waals surface area contributed by atoms with Gasteiger partial charge in [-0.2, -0.15) is 5.26 Å². The summed E-state index contributed by atoms with van der Waals surface area (Å²) in [5, 5.41) is 20.1. The molecule has 0 unspecified atom stereocenters. The van der Waals surface area contributed by atoms with Crippen LogP contribution in [0.2, 0.25) is 0 Å². The van der Waals surface area contributed by atoms with Crippen LogP contribution in [0.15, 0.2) is 12.4 Å². The lowest BCUT2D eigenvalue weighted by Gasteiger charge is -2.05. The highest BCUT2D eigenvalue weighted by Crippen LogP contribution is 2.04. The van der Waals surface area contributed by atoms with E-state index in [1.807, 2.05) is 6.07 Å². The van der Waals surface area contributed by atoms with E-state index >= 15 is 0 Å². The lowest BCUT2D eigenvalue weighted by Crippen LogP contribution is -2.13. The Morgan fingerprint density at radius 2 is 2.20 bits per heavy atom. The molecule has 1 rings (SSSR count). The molecule has 2 N–H and O–H groups in total. The second-order valence-corrected chi connectivity index (χ2v) is 2.63. The average Bonchev–Trinajstić information content (AvgIpc) is 2.29. The third kappa shape index (κ3) is 3.89. The molecule has 15 heavy (non-hydrogen) atoms. The summed E-state index contributed by atoms with van der Waals surface area (Å²) in [5.41, 5.74) is 0.264. The highest BCUT2D eigenvalue weighted by atomic mass is 16.5. The molecule has 0 amide bonds. The Morgan fingerprint density at radius 1 is 1.40 bits per heavy atom. The second-order valence-electron chi connectivity index (χ2n) is 2.63. The van der Waals surface area contributed by atoms with E-state index in [4.69, 9.17) is 15.1 Å². The molecule has 6 heteroatoms. The molecule has 0 radical (unpaired) electrons. The van der Waals surface area contributed by atoms with E-state index in [-0.39, 0.29) is 12.3 Å². The maximum absolute atomic E-state index is 8.70. The molecule has 0 aliphatic heterocycles. The number of hydrogen-bond donors (Lipinski definition) is 2. The lowest BCUT2D eigenvalue weighted by molar-refractivity contribution is 0.0992. The van der Waals surface area contributed by atoms with Crippen molar-refractivity contribution >= 4 is 5.82 Å². The Morgan fingerprint density at radius 3 is 2.93 bits per heavy atom. The van der Waals surface area contributed by atoms with Gasteiger partial charge in [0, 0.05) is 18.9 Å². The first-order chi connectivity index (χ1) is 7.38. The van der Waals surface area contributed by atoms with E-state index in [9.17, 15) is 0 Å². The van der Waals surface area contributed by atoms with Gasteiger partial charge in [0.1, 0.15) is 6.07 Å². The van der Waals surface area contributed by atoms with Gasteiger partial charge in [-0.05, 0) is 0 Å². The van der Waals surface area contributed by atoms with Crippen molar-refractivity contribution in [1.29, 1.82) is 5.26 Å². The van der Waals surface area contributed by atoms with Crippen molar-refractivity contribution in [3.05, 3.63) is 18.1 Å². The molecule has 0 atom stereocenters. The normalized spacial score (nSPS) is 9.60. The zero-order chi connectivity index (χ0) is 10.9. The van der Waals surface area contributed by atoms with Crippen molar-refractivity contribution in [2.45, 2.75) is 0 Å². The Hall–Kier alpha value is -1.71. The average molecular weight is 208 g/mol. The summed E-state index contributed by atoms with van der Waals surface area (Å²) < 4.78 is 5.03. The van der Waals surface area contributed by atoms with Crippen molar-refractivity contribution in [2.75, 3.05) is 31.7 Å². The van der Waals surface area contributed by atoms with E-state index in [0.29, 0.717) is 25.6 Å². The van der Waals surface area contributed by atoms with Crippen LogP contribution in [0.25, 0.3) is 0 Å². The predicted octanol–water partition coefficient (Wildman–Crippen LogP) is -0.231. The van der Waals surface area contributed by atoms with Crippen LogP contribution in [0.1, 0.15) is 5.69 Å². The summed E-state index contributed by atoms with van der Waals surface area (Å²) in [6.45, 7) is 1.29. The molecule has 80 valence electrons. The summed E-state index contributed by atoms with van der Waals surface area (Å²) in [6.07, 6.45) is 2.98. The number of rotatable bonds is 6. The number of aliphatic hydroxyl groups excluding tert-OH is 1. The monoisotopic (exact) mass is 208 g/mol. The van der Waals surface area contributed by atoms with E-state index in [1.165, 1.54) is 12.4 Å². The molecule has 0 aliphatic carbocycles. The van der Waals surface area contributed by atoms with E-state index in [0.717, 1.165) is 0 Å². The molecule has 0 aromatic carbocycles. The van der Waals surface area contributed by atoms with Crippen LogP contribution < -0.4 is 5.32 Å². The quantitative estimate of drug-likeness (QED) is 0.627. The minimum Gasteiger partial charge on any atom is -0.394 e. The third-order valence-electron chi connectivity index (χ3n) is 1.58. The Kier molecular flexibility index (Phi) is 5.08. The number of aromatic nitrogens is 2. The lowest BCUT2D eigenvalue weighted by atomic mass is 10.4. The van der Waals surface area contributed by atoms with Gasteiger partial charge < -0.3 is 15.2 Å². The van der Waals surface area contributed by atoms with E-state index < -0.39 is 0 Å². The molecule has 0 spiro atoms. The number of nitriles is 1. The van der Waals surface area contributed by atoms with Gasteiger partial charge >= 0.3 is 0 Å². The van der Waals surface area contributed by atoms with E-state index in [2.05, 4.69) is 15.3 Å². The highest BCUT2D eigenvalue weighted by molar-refractivity contribution is 5.46. The van der Waals surface area contributed by atoms with Gasteiger partial charge in [-0.3, -0.25) is 0 Å². The van der Waals surface area contributed by atoms with Crippen LogP contribution in [0, 0.1) is 11.3 Å². The molecule has 1 aromatic heterocycles. The van der Waals surface area contributed by atoms with Crippen molar-refractivity contribution < 1.29 is 9.84 Å². The van der Waals surface area contributed by atoms with Crippen molar-refractivity contribution in [3.8, 4) is 6.07 Å². The number of ether oxygens (including phenoxy) is 1. The van der Waals surface area contributed by atoms with E-state index in [1.54, 1.807) is 0 Å². The SMILES string of the molecule is N#Cc1nccnc1NCCOCCO. The fraction of sp³-hybridized carbons (Fsp3) is 0.444. The van der Waals surface area contributed by atoms with Gasteiger partial charge in [0.15, 0.2) is 11.5 Å². The van der Waals surface area contributed by atoms with Crippen molar-refractivity contribution in [3.63, 3.8) is 0 Å². The van der Waals surface area contributed by atoms with Crippen LogP contribution in [0.4, 0.5) is 5.82 Å².